The van der Waals surface area contributed by atoms with Crippen molar-refractivity contribution in [2.45, 2.75) is 51.2 Å². The zero-order chi connectivity index (χ0) is 25.6. The Kier molecular flexibility index (Phi) is 6.20. The predicted octanol–water partition coefficient (Wildman–Crippen LogP) is 3.47. The Morgan fingerprint density at radius 2 is 2.03 bits per heavy atom. The molecule has 3 heterocycles. The predicted molar refractivity (Wildman–Crippen MR) is 134 cm³/mol. The van der Waals surface area contributed by atoms with E-state index in [-0.39, 0.29) is 28.8 Å². The van der Waals surface area contributed by atoms with E-state index >= 15 is 0 Å². The van der Waals surface area contributed by atoms with E-state index in [1.807, 2.05) is 32.0 Å². The van der Waals surface area contributed by atoms with Crippen molar-refractivity contribution >= 4 is 5.91 Å². The number of nitrogens with one attached hydrogen (secondary N) is 1. The van der Waals surface area contributed by atoms with Crippen molar-refractivity contribution in [3.63, 3.8) is 0 Å². The number of aromatic amines is 1. The number of hydrogen-bond acceptors (Lipinski definition) is 5. The second-order valence-electron chi connectivity index (χ2n) is 10.2. The number of carbonyl (C=O) groups excluding carboxylic acids is 1. The highest BCUT2D eigenvalue weighted by Gasteiger charge is 2.53. The maximum atomic E-state index is 14.1. The summed E-state index contributed by atoms with van der Waals surface area (Å²) in [4.78, 5) is 37.0. The van der Waals surface area contributed by atoms with Gasteiger partial charge in [0.15, 0.2) is 11.6 Å². The Labute approximate surface area is 209 Å². The molecule has 1 aliphatic heterocycles. The number of benzene rings is 1. The van der Waals surface area contributed by atoms with Gasteiger partial charge in [-0.2, -0.15) is 0 Å². The Morgan fingerprint density at radius 1 is 1.25 bits per heavy atom. The number of ether oxygens (including phenoxy) is 1. The van der Waals surface area contributed by atoms with Crippen LogP contribution in [0.25, 0.3) is 0 Å². The molecule has 0 saturated heterocycles. The first kappa shape index (κ1) is 24.2. The number of carbonyl (C=O) groups is 1. The second-order valence-corrected chi connectivity index (χ2v) is 10.2. The first-order chi connectivity index (χ1) is 17.2. The molecule has 1 aromatic carbocycles. The third-order valence-electron chi connectivity index (χ3n) is 7.23. The largest absolute Gasteiger partial charge is 0.491 e. The molecule has 1 saturated carbocycles. The highest BCUT2D eigenvalue weighted by atomic mass is 19.1. The summed E-state index contributed by atoms with van der Waals surface area (Å²) in [6.07, 6.45) is 6.50. The number of hydrogen-bond donors (Lipinski definition) is 1. The smallest absolute Gasteiger partial charge is 0.325 e. The van der Waals surface area contributed by atoms with Crippen LogP contribution in [0.15, 0.2) is 41.6 Å². The fraction of sp³-hybridized carbons (Fsp3) is 0.444. The molecule has 0 unspecified atom stereocenters. The van der Waals surface area contributed by atoms with E-state index in [0.29, 0.717) is 37.5 Å². The molecule has 9 heteroatoms. The summed E-state index contributed by atoms with van der Waals surface area (Å²) < 4.78 is 21.2. The monoisotopic (exact) mass is 493 g/mol. The molecule has 1 atom stereocenters. The van der Waals surface area contributed by atoms with Gasteiger partial charge in [0.1, 0.15) is 0 Å². The normalized spacial score (nSPS) is 16.9. The summed E-state index contributed by atoms with van der Waals surface area (Å²) in [6.45, 7) is 5.76. The number of rotatable bonds is 8. The van der Waals surface area contributed by atoms with Crippen LogP contribution in [0.5, 0.6) is 5.75 Å². The van der Waals surface area contributed by atoms with Crippen LogP contribution in [0, 0.1) is 5.82 Å². The topological polar surface area (TPSA) is 83.5 Å². The summed E-state index contributed by atoms with van der Waals surface area (Å²) in [6, 6.07) is 5.33. The summed E-state index contributed by atoms with van der Waals surface area (Å²) in [5, 5.41) is 0. The fourth-order valence-corrected chi connectivity index (χ4v) is 5.38. The van der Waals surface area contributed by atoms with Gasteiger partial charge in [0, 0.05) is 42.5 Å². The molecule has 5 rings (SSSR count). The van der Waals surface area contributed by atoms with Gasteiger partial charge in [0.25, 0.3) is 5.91 Å². The lowest BCUT2D eigenvalue weighted by atomic mass is 9.81. The van der Waals surface area contributed by atoms with Crippen LogP contribution in [-0.2, 0) is 18.5 Å². The van der Waals surface area contributed by atoms with Gasteiger partial charge in [-0.3, -0.25) is 14.3 Å². The molecule has 1 fully saturated rings. The van der Waals surface area contributed by atoms with Gasteiger partial charge in [-0.05, 0) is 63.5 Å². The third-order valence-corrected chi connectivity index (χ3v) is 7.23. The van der Waals surface area contributed by atoms with E-state index in [4.69, 9.17) is 4.74 Å². The second kappa shape index (κ2) is 9.20. The molecular formula is C27H32FN5O3. The van der Waals surface area contributed by atoms with E-state index in [1.54, 1.807) is 30.0 Å². The molecule has 3 aromatic rings. The average Bonchev–Trinajstić information content (AvgIpc) is 3.49. The number of H-pyrrole nitrogens is 1. The molecule has 8 nitrogen and oxygen atoms in total. The standard InChI is InChI=1S/C27H32FN5O3/c1-5-36-23-12-22(30-13-21(23)28)17(2)33-16-27(6-7-27)24-19(15-31(3)4)10-18(11-20(24)25(33)34)14-32-9-8-29-26(32)35/h8-13,17H,5-7,14-16H2,1-4H3,(H,29,35)/t17-/m0/s1. The van der Waals surface area contributed by atoms with Crippen LogP contribution in [0.3, 0.4) is 0 Å². The van der Waals surface area contributed by atoms with Gasteiger partial charge in [-0.1, -0.05) is 6.07 Å². The van der Waals surface area contributed by atoms with E-state index < -0.39 is 5.82 Å². The lowest BCUT2D eigenvalue weighted by Gasteiger charge is -2.40. The van der Waals surface area contributed by atoms with Crippen molar-refractivity contribution in [3.8, 4) is 5.75 Å². The van der Waals surface area contributed by atoms with Gasteiger partial charge in [-0.25, -0.2) is 9.18 Å². The van der Waals surface area contributed by atoms with Crippen molar-refractivity contribution in [1.82, 2.24) is 24.3 Å². The summed E-state index contributed by atoms with van der Waals surface area (Å²) in [7, 11) is 4.04. The highest BCUT2D eigenvalue weighted by molar-refractivity contribution is 5.98. The number of pyridine rings is 1. The number of fused-ring (bicyclic) bond motifs is 2. The molecule has 2 aliphatic rings. The number of nitrogens with zero attached hydrogens (tertiary/aromatic N) is 4. The van der Waals surface area contributed by atoms with Gasteiger partial charge in [0.2, 0.25) is 0 Å². The van der Waals surface area contributed by atoms with Crippen LogP contribution in [0.4, 0.5) is 4.39 Å². The number of amides is 1. The molecule has 1 amide bonds. The van der Waals surface area contributed by atoms with Crippen LogP contribution in [-0.4, -0.2) is 57.5 Å². The molecular weight excluding hydrogens is 461 g/mol. The molecule has 36 heavy (non-hydrogen) atoms. The quantitative estimate of drug-likeness (QED) is 0.520. The maximum absolute atomic E-state index is 14.1. The Hall–Kier alpha value is -3.46. The molecule has 1 aliphatic carbocycles. The van der Waals surface area contributed by atoms with Crippen LogP contribution in [0.1, 0.15) is 65.5 Å². The van der Waals surface area contributed by atoms with E-state index in [9.17, 15) is 14.0 Å². The molecule has 0 bridgehead atoms. The minimum atomic E-state index is -0.514. The number of aromatic nitrogens is 3. The van der Waals surface area contributed by atoms with Crippen molar-refractivity contribution < 1.29 is 13.9 Å². The minimum absolute atomic E-state index is 0.0672. The van der Waals surface area contributed by atoms with Crippen molar-refractivity contribution in [2.75, 3.05) is 27.2 Å². The molecule has 0 radical (unpaired) electrons. The lowest BCUT2D eigenvalue weighted by Crippen LogP contribution is -2.45. The summed E-state index contributed by atoms with van der Waals surface area (Å²) in [5.41, 5.74) is 4.19. The van der Waals surface area contributed by atoms with E-state index in [0.717, 1.165) is 35.7 Å². The number of halogens is 1. The SMILES string of the molecule is CCOc1cc([C@H](C)N2CC3(CC3)c3c(CN(C)C)cc(Cn4cc[nH]c4=O)cc3C2=O)ncc1F. The van der Waals surface area contributed by atoms with Gasteiger partial charge in [-0.15, -0.1) is 0 Å². The molecule has 2 aromatic heterocycles. The first-order valence-corrected chi connectivity index (χ1v) is 12.4. The Bertz CT molecular complexity index is 1360. The number of imidazole rings is 1. The fourth-order valence-electron chi connectivity index (χ4n) is 5.38. The van der Waals surface area contributed by atoms with Gasteiger partial charge < -0.3 is 19.5 Å². The van der Waals surface area contributed by atoms with Crippen LogP contribution >= 0.6 is 0 Å². The zero-order valence-electron chi connectivity index (χ0n) is 21.2. The Balaban J connectivity index is 1.56. The van der Waals surface area contributed by atoms with Gasteiger partial charge >= 0.3 is 5.69 Å². The molecule has 1 spiro atoms. The van der Waals surface area contributed by atoms with Gasteiger partial charge in [0.05, 0.1) is 31.1 Å². The minimum Gasteiger partial charge on any atom is -0.491 e. The summed E-state index contributed by atoms with van der Waals surface area (Å²) >= 11 is 0. The van der Waals surface area contributed by atoms with E-state index in [1.165, 1.54) is 0 Å². The summed E-state index contributed by atoms with van der Waals surface area (Å²) in [5.74, 6) is -0.435. The van der Waals surface area contributed by atoms with E-state index in [2.05, 4.69) is 20.9 Å². The van der Waals surface area contributed by atoms with Crippen LogP contribution in [0.2, 0.25) is 0 Å². The highest BCUT2D eigenvalue weighted by Crippen LogP contribution is 2.55. The Morgan fingerprint density at radius 3 is 2.67 bits per heavy atom. The van der Waals surface area contributed by atoms with Crippen LogP contribution < -0.4 is 10.4 Å². The lowest BCUT2D eigenvalue weighted by molar-refractivity contribution is 0.0633. The maximum Gasteiger partial charge on any atom is 0.325 e. The average molecular weight is 494 g/mol. The van der Waals surface area contributed by atoms with Crippen molar-refractivity contribution in [1.29, 1.82) is 0 Å². The van der Waals surface area contributed by atoms with Crippen molar-refractivity contribution in [3.05, 3.63) is 81.0 Å². The third kappa shape index (κ3) is 4.32. The molecule has 190 valence electrons. The zero-order valence-corrected chi connectivity index (χ0v) is 21.2. The van der Waals surface area contributed by atoms with Crippen molar-refractivity contribution in [2.24, 2.45) is 0 Å². The first-order valence-electron chi connectivity index (χ1n) is 12.4. The molecule has 1 N–H and O–H groups in total.